The van der Waals surface area contributed by atoms with Gasteiger partial charge in [0.1, 0.15) is 5.75 Å². The molecule has 2 rings (SSSR count). The highest BCUT2D eigenvalue weighted by Crippen LogP contribution is 2.15. The third-order valence-electron chi connectivity index (χ3n) is 2.44. The van der Waals surface area contributed by atoms with Crippen molar-refractivity contribution in [2.75, 3.05) is 6.61 Å². The van der Waals surface area contributed by atoms with E-state index in [1.807, 2.05) is 24.3 Å². The number of benzene rings is 2. The number of amides is 1. The van der Waals surface area contributed by atoms with E-state index in [9.17, 15) is 4.79 Å². The van der Waals surface area contributed by atoms with Crippen molar-refractivity contribution < 1.29 is 9.53 Å². The lowest BCUT2D eigenvalue weighted by Gasteiger charge is -2.04. The second-order valence-electron chi connectivity index (χ2n) is 4.09. The molecule has 0 aromatic heterocycles. The molecule has 1 amide bonds. The van der Waals surface area contributed by atoms with E-state index in [4.69, 9.17) is 16.3 Å². The molecule has 0 unspecified atom stereocenters. The second kappa shape index (κ2) is 7.81. The van der Waals surface area contributed by atoms with Crippen molar-refractivity contribution in [2.24, 2.45) is 5.10 Å². The van der Waals surface area contributed by atoms with Crippen molar-refractivity contribution in [1.29, 1.82) is 0 Å². The van der Waals surface area contributed by atoms with Crippen LogP contribution in [0, 0.1) is 0 Å². The molecule has 0 bridgehead atoms. The molecule has 0 fully saturated rings. The number of nitrogens with zero attached hydrogens (tertiary/aromatic N) is 1. The summed E-state index contributed by atoms with van der Waals surface area (Å²) >= 11 is 9.17. The Morgan fingerprint density at radius 2 is 2.05 bits per heavy atom. The predicted octanol–water partition coefficient (Wildman–Crippen LogP) is 3.63. The fraction of sp³-hybridized carbons (Fsp3) is 0.0667. The first-order chi connectivity index (χ1) is 10.1. The molecule has 0 heterocycles. The van der Waals surface area contributed by atoms with Gasteiger partial charge in [0.25, 0.3) is 5.91 Å². The molecule has 6 heteroatoms. The summed E-state index contributed by atoms with van der Waals surface area (Å²) < 4.78 is 6.27. The maximum atomic E-state index is 11.6. The summed E-state index contributed by atoms with van der Waals surface area (Å²) in [4.78, 5) is 11.6. The van der Waals surface area contributed by atoms with E-state index in [0.29, 0.717) is 10.8 Å². The van der Waals surface area contributed by atoms with Gasteiger partial charge in [-0.3, -0.25) is 4.79 Å². The van der Waals surface area contributed by atoms with Gasteiger partial charge in [0.05, 0.1) is 6.21 Å². The zero-order chi connectivity index (χ0) is 15.1. The van der Waals surface area contributed by atoms with Gasteiger partial charge in [0, 0.05) is 9.50 Å². The van der Waals surface area contributed by atoms with Crippen LogP contribution < -0.4 is 10.2 Å². The van der Waals surface area contributed by atoms with Crippen molar-refractivity contribution in [3.05, 3.63) is 63.6 Å². The summed E-state index contributed by atoms with van der Waals surface area (Å²) in [5, 5.41) is 4.45. The number of halogens is 2. The fourth-order valence-corrected chi connectivity index (χ4v) is 1.94. The average Bonchev–Trinajstić information content (AvgIpc) is 2.47. The second-order valence-corrected chi connectivity index (χ2v) is 5.44. The molecule has 0 aliphatic heterocycles. The van der Waals surface area contributed by atoms with Crippen LogP contribution >= 0.6 is 27.5 Å². The van der Waals surface area contributed by atoms with Gasteiger partial charge in [-0.15, -0.1) is 0 Å². The number of hydrogen-bond acceptors (Lipinski definition) is 3. The molecule has 1 N–H and O–H groups in total. The van der Waals surface area contributed by atoms with E-state index in [1.165, 1.54) is 6.21 Å². The summed E-state index contributed by atoms with van der Waals surface area (Å²) in [5.41, 5.74) is 3.19. The Morgan fingerprint density at radius 1 is 1.29 bits per heavy atom. The maximum Gasteiger partial charge on any atom is 0.277 e. The normalized spacial score (nSPS) is 10.6. The summed E-state index contributed by atoms with van der Waals surface area (Å²) in [6.07, 6.45) is 1.52. The Morgan fingerprint density at radius 3 is 2.76 bits per heavy atom. The lowest BCUT2D eigenvalue weighted by molar-refractivity contribution is -0.123. The zero-order valence-electron chi connectivity index (χ0n) is 10.9. The zero-order valence-corrected chi connectivity index (χ0v) is 13.3. The van der Waals surface area contributed by atoms with Crippen LogP contribution in [0.4, 0.5) is 0 Å². The molecule has 0 atom stereocenters. The molecular formula is C15H12BrClN2O2. The van der Waals surface area contributed by atoms with Gasteiger partial charge >= 0.3 is 0 Å². The van der Waals surface area contributed by atoms with Crippen LogP contribution in [-0.4, -0.2) is 18.7 Å². The third kappa shape index (κ3) is 5.57. The Bertz CT molecular complexity index is 644. The third-order valence-corrected chi connectivity index (χ3v) is 3.20. The molecule has 2 aromatic rings. The summed E-state index contributed by atoms with van der Waals surface area (Å²) in [5.74, 6) is 0.281. The van der Waals surface area contributed by atoms with E-state index in [0.717, 1.165) is 10.0 Å². The lowest BCUT2D eigenvalue weighted by Crippen LogP contribution is -2.24. The van der Waals surface area contributed by atoms with E-state index in [2.05, 4.69) is 26.5 Å². The number of carbonyl (C=O) groups excluding carboxylic acids is 1. The van der Waals surface area contributed by atoms with Gasteiger partial charge in [-0.2, -0.15) is 5.10 Å². The van der Waals surface area contributed by atoms with Crippen LogP contribution in [0.2, 0.25) is 5.02 Å². The summed E-state index contributed by atoms with van der Waals surface area (Å²) in [7, 11) is 0. The summed E-state index contributed by atoms with van der Waals surface area (Å²) in [6.45, 7) is -0.103. The molecule has 0 radical (unpaired) electrons. The van der Waals surface area contributed by atoms with Gasteiger partial charge in [-0.25, -0.2) is 5.43 Å². The van der Waals surface area contributed by atoms with Gasteiger partial charge in [-0.1, -0.05) is 39.7 Å². The fourth-order valence-electron chi connectivity index (χ4n) is 1.48. The number of carbonyl (C=O) groups is 1. The van der Waals surface area contributed by atoms with Gasteiger partial charge in [-0.05, 0) is 42.0 Å². The minimum atomic E-state index is -0.337. The molecule has 2 aromatic carbocycles. The Hall–Kier alpha value is -1.85. The van der Waals surface area contributed by atoms with E-state index < -0.39 is 0 Å². The number of hydrazone groups is 1. The van der Waals surface area contributed by atoms with Gasteiger partial charge < -0.3 is 4.74 Å². The number of hydrogen-bond donors (Lipinski definition) is 1. The van der Waals surface area contributed by atoms with Crippen LogP contribution in [0.1, 0.15) is 5.56 Å². The van der Waals surface area contributed by atoms with Crippen molar-refractivity contribution >= 4 is 39.7 Å². The Balaban J connectivity index is 1.78. The molecule has 21 heavy (non-hydrogen) atoms. The van der Waals surface area contributed by atoms with E-state index >= 15 is 0 Å². The average molecular weight is 368 g/mol. The monoisotopic (exact) mass is 366 g/mol. The molecule has 4 nitrogen and oxygen atoms in total. The number of nitrogens with one attached hydrogen (secondary N) is 1. The first kappa shape index (κ1) is 15.5. The van der Waals surface area contributed by atoms with E-state index in [1.54, 1.807) is 24.3 Å². The van der Waals surface area contributed by atoms with Crippen LogP contribution in [0.3, 0.4) is 0 Å². The number of ether oxygens (including phenoxy) is 1. The van der Waals surface area contributed by atoms with Crippen molar-refractivity contribution in [3.8, 4) is 5.75 Å². The smallest absolute Gasteiger partial charge is 0.277 e. The topological polar surface area (TPSA) is 50.7 Å². The van der Waals surface area contributed by atoms with Crippen LogP contribution in [-0.2, 0) is 4.79 Å². The molecule has 0 aliphatic rings. The molecule has 108 valence electrons. The van der Waals surface area contributed by atoms with Gasteiger partial charge in [0.2, 0.25) is 0 Å². The molecule has 0 spiro atoms. The Kier molecular flexibility index (Phi) is 5.78. The quantitative estimate of drug-likeness (QED) is 0.648. The molecule has 0 saturated carbocycles. The highest BCUT2D eigenvalue weighted by molar-refractivity contribution is 9.10. The van der Waals surface area contributed by atoms with Crippen LogP contribution in [0.5, 0.6) is 5.75 Å². The first-order valence-corrected chi connectivity index (χ1v) is 7.26. The molecular weight excluding hydrogens is 356 g/mol. The number of rotatable bonds is 5. The minimum Gasteiger partial charge on any atom is -0.484 e. The maximum absolute atomic E-state index is 11.6. The van der Waals surface area contributed by atoms with Crippen LogP contribution in [0.15, 0.2) is 58.1 Å². The predicted molar refractivity (Wildman–Crippen MR) is 86.8 cm³/mol. The lowest BCUT2D eigenvalue weighted by atomic mass is 10.2. The highest BCUT2D eigenvalue weighted by Gasteiger charge is 2.01. The van der Waals surface area contributed by atoms with Crippen molar-refractivity contribution in [2.45, 2.75) is 0 Å². The minimum absolute atomic E-state index is 0.103. The van der Waals surface area contributed by atoms with Crippen molar-refractivity contribution in [3.63, 3.8) is 0 Å². The van der Waals surface area contributed by atoms with E-state index in [-0.39, 0.29) is 12.5 Å². The first-order valence-electron chi connectivity index (χ1n) is 6.09. The molecule has 0 aliphatic carbocycles. The summed E-state index contributed by atoms with van der Waals surface area (Å²) in [6, 6.07) is 14.4. The highest BCUT2D eigenvalue weighted by atomic mass is 79.9. The Labute approximate surface area is 135 Å². The van der Waals surface area contributed by atoms with Crippen LogP contribution in [0.25, 0.3) is 0 Å². The van der Waals surface area contributed by atoms with Gasteiger partial charge in [0.15, 0.2) is 6.61 Å². The SMILES string of the molecule is O=C(COc1ccc(Br)cc1)N/N=C/c1cccc(Cl)c1. The molecule has 0 saturated heterocycles. The largest absolute Gasteiger partial charge is 0.484 e. The van der Waals surface area contributed by atoms with Crippen molar-refractivity contribution in [1.82, 2.24) is 5.43 Å². The standard InChI is InChI=1S/C15H12BrClN2O2/c16-12-4-6-14(7-5-12)21-10-15(20)19-18-9-11-2-1-3-13(17)8-11/h1-9H,10H2,(H,19,20)/b18-9+.